The lowest BCUT2D eigenvalue weighted by Gasteiger charge is -2.30. The van der Waals surface area contributed by atoms with Crippen LogP contribution in [0.1, 0.15) is 18.4 Å². The van der Waals surface area contributed by atoms with Gasteiger partial charge in [-0.05, 0) is 25.2 Å². The van der Waals surface area contributed by atoms with E-state index in [9.17, 15) is 4.79 Å². The Bertz CT molecular complexity index is 533. The van der Waals surface area contributed by atoms with Gasteiger partial charge in [0, 0.05) is 30.0 Å². The first-order valence-electron chi connectivity index (χ1n) is 7.68. The molecule has 0 aliphatic heterocycles. The molecule has 1 atom stereocenters. The fourth-order valence-electron chi connectivity index (χ4n) is 2.67. The molecule has 2 rings (SSSR count). The van der Waals surface area contributed by atoms with Crippen LogP contribution < -0.4 is 9.47 Å². The number of benzene rings is 1. The van der Waals surface area contributed by atoms with Crippen LogP contribution in [0.4, 0.5) is 0 Å². The van der Waals surface area contributed by atoms with Crippen molar-refractivity contribution in [3.05, 3.63) is 23.8 Å². The quantitative estimate of drug-likeness (QED) is 0.645. The number of carbonyl (C=O) groups is 1. The minimum Gasteiger partial charge on any atom is -0.497 e. The van der Waals surface area contributed by atoms with E-state index in [0.29, 0.717) is 12.6 Å². The summed E-state index contributed by atoms with van der Waals surface area (Å²) in [5, 5.41) is 0. The number of esters is 1. The Labute approximate surface area is 142 Å². The summed E-state index contributed by atoms with van der Waals surface area (Å²) in [6, 6.07) is 6.01. The summed E-state index contributed by atoms with van der Waals surface area (Å²) in [6.45, 7) is 0.665. The smallest absolute Gasteiger partial charge is 0.323 e. The van der Waals surface area contributed by atoms with Gasteiger partial charge in [0.25, 0.3) is 0 Å². The summed E-state index contributed by atoms with van der Waals surface area (Å²) >= 11 is 1.66. The maximum absolute atomic E-state index is 12.2. The van der Waals surface area contributed by atoms with Crippen molar-refractivity contribution in [3.63, 3.8) is 0 Å². The normalized spacial score (nSPS) is 15.3. The molecule has 0 bridgehead atoms. The van der Waals surface area contributed by atoms with Gasteiger partial charge >= 0.3 is 5.97 Å². The molecule has 0 amide bonds. The van der Waals surface area contributed by atoms with Gasteiger partial charge in [-0.2, -0.15) is 11.8 Å². The maximum atomic E-state index is 12.2. The van der Waals surface area contributed by atoms with Gasteiger partial charge in [-0.1, -0.05) is 6.07 Å². The highest BCUT2D eigenvalue weighted by Gasteiger charge is 2.38. The van der Waals surface area contributed by atoms with E-state index in [-0.39, 0.29) is 12.0 Å². The summed E-state index contributed by atoms with van der Waals surface area (Å²) in [5.74, 6) is 2.10. The average molecular weight is 339 g/mol. The van der Waals surface area contributed by atoms with Gasteiger partial charge in [0.2, 0.25) is 0 Å². The van der Waals surface area contributed by atoms with Crippen LogP contribution in [0.2, 0.25) is 0 Å². The molecular formula is C17H25NO4S. The number of thioether (sulfide) groups is 1. The molecule has 128 valence electrons. The second-order valence-corrected chi connectivity index (χ2v) is 6.49. The van der Waals surface area contributed by atoms with E-state index in [4.69, 9.17) is 14.2 Å². The standard InChI is InChI=1S/C17H25NO4S/c1-20-14-8-5-12(16(9-14)21-2)10-18(13-6-7-13)15(11-23-4)17(19)22-3/h5,8-9,13,15H,6-7,10-11H2,1-4H3/t15-/m1/s1. The highest BCUT2D eigenvalue weighted by Crippen LogP contribution is 2.34. The highest BCUT2D eigenvalue weighted by atomic mass is 32.2. The third-order valence-corrected chi connectivity index (χ3v) is 4.71. The predicted octanol–water partition coefficient (Wildman–Crippen LogP) is 2.57. The molecule has 23 heavy (non-hydrogen) atoms. The van der Waals surface area contributed by atoms with Crippen molar-refractivity contribution >= 4 is 17.7 Å². The fraction of sp³-hybridized carbons (Fsp3) is 0.588. The van der Waals surface area contributed by atoms with Gasteiger partial charge in [-0.25, -0.2) is 0 Å². The number of methoxy groups -OCH3 is 3. The summed E-state index contributed by atoms with van der Waals surface area (Å²) in [5.41, 5.74) is 1.05. The Morgan fingerprint density at radius 2 is 2.04 bits per heavy atom. The van der Waals surface area contributed by atoms with Gasteiger partial charge in [0.05, 0.1) is 21.3 Å². The zero-order valence-corrected chi connectivity index (χ0v) is 15.0. The highest BCUT2D eigenvalue weighted by molar-refractivity contribution is 7.98. The van der Waals surface area contributed by atoms with E-state index in [0.717, 1.165) is 35.7 Å². The van der Waals surface area contributed by atoms with Crippen LogP contribution in [0.25, 0.3) is 0 Å². The largest absolute Gasteiger partial charge is 0.497 e. The molecule has 1 aliphatic rings. The first-order valence-corrected chi connectivity index (χ1v) is 9.07. The molecular weight excluding hydrogens is 314 g/mol. The zero-order chi connectivity index (χ0) is 16.8. The van der Waals surface area contributed by atoms with E-state index in [1.54, 1.807) is 26.0 Å². The predicted molar refractivity (Wildman–Crippen MR) is 92.3 cm³/mol. The van der Waals surface area contributed by atoms with Gasteiger partial charge in [-0.15, -0.1) is 0 Å². The Balaban J connectivity index is 2.23. The lowest BCUT2D eigenvalue weighted by Crippen LogP contribution is -2.44. The van der Waals surface area contributed by atoms with Crippen LogP contribution in [0.3, 0.4) is 0 Å². The van der Waals surface area contributed by atoms with Crippen LogP contribution in [0.5, 0.6) is 11.5 Å². The zero-order valence-electron chi connectivity index (χ0n) is 14.2. The molecule has 1 aromatic carbocycles. The third kappa shape index (κ3) is 4.54. The molecule has 1 saturated carbocycles. The summed E-state index contributed by atoms with van der Waals surface area (Å²) in [6.07, 6.45) is 4.26. The van der Waals surface area contributed by atoms with Crippen molar-refractivity contribution in [2.45, 2.75) is 31.5 Å². The van der Waals surface area contributed by atoms with Gasteiger partial charge < -0.3 is 14.2 Å². The molecule has 0 aromatic heterocycles. The molecule has 0 unspecified atom stereocenters. The third-order valence-electron chi connectivity index (χ3n) is 4.06. The number of ether oxygens (including phenoxy) is 3. The van der Waals surface area contributed by atoms with Crippen molar-refractivity contribution in [1.82, 2.24) is 4.90 Å². The molecule has 5 nitrogen and oxygen atoms in total. The second-order valence-electron chi connectivity index (χ2n) is 5.58. The topological polar surface area (TPSA) is 48.0 Å². The molecule has 0 spiro atoms. The lowest BCUT2D eigenvalue weighted by molar-refractivity contribution is -0.146. The Kier molecular flexibility index (Phi) is 6.59. The van der Waals surface area contributed by atoms with Crippen LogP contribution in [0.15, 0.2) is 18.2 Å². The van der Waals surface area contributed by atoms with E-state index in [1.807, 2.05) is 24.5 Å². The molecule has 6 heteroatoms. The van der Waals surface area contributed by atoms with E-state index < -0.39 is 0 Å². The Morgan fingerprint density at radius 1 is 1.30 bits per heavy atom. The number of hydrogen-bond acceptors (Lipinski definition) is 6. The van der Waals surface area contributed by atoms with Crippen molar-refractivity contribution in [3.8, 4) is 11.5 Å². The molecule has 0 heterocycles. The van der Waals surface area contributed by atoms with E-state index in [2.05, 4.69) is 4.90 Å². The van der Waals surface area contributed by atoms with E-state index >= 15 is 0 Å². The SMILES string of the molecule is COC(=O)[C@@H](CSC)N(Cc1ccc(OC)cc1OC)C1CC1. The van der Waals surface area contributed by atoms with Crippen LogP contribution in [-0.2, 0) is 16.1 Å². The first-order chi connectivity index (χ1) is 11.1. The molecule has 0 saturated heterocycles. The van der Waals surface area contributed by atoms with Crippen molar-refractivity contribution in [1.29, 1.82) is 0 Å². The number of rotatable bonds is 9. The Morgan fingerprint density at radius 3 is 2.57 bits per heavy atom. The molecule has 0 N–H and O–H groups in total. The molecule has 1 aliphatic carbocycles. The van der Waals surface area contributed by atoms with Crippen LogP contribution in [-0.4, -0.2) is 56.3 Å². The fourth-order valence-corrected chi connectivity index (χ4v) is 3.32. The van der Waals surface area contributed by atoms with Gasteiger partial charge in [0.1, 0.15) is 17.5 Å². The maximum Gasteiger partial charge on any atom is 0.323 e. The van der Waals surface area contributed by atoms with Crippen molar-refractivity contribution in [2.24, 2.45) is 0 Å². The molecule has 1 aromatic rings. The van der Waals surface area contributed by atoms with E-state index in [1.165, 1.54) is 7.11 Å². The minimum absolute atomic E-state index is 0.168. The minimum atomic E-state index is -0.227. The van der Waals surface area contributed by atoms with Crippen molar-refractivity contribution < 1.29 is 19.0 Å². The van der Waals surface area contributed by atoms with Gasteiger partial charge in [-0.3, -0.25) is 9.69 Å². The second kappa shape index (κ2) is 8.45. The monoisotopic (exact) mass is 339 g/mol. The number of hydrogen-bond donors (Lipinski definition) is 0. The van der Waals surface area contributed by atoms with Crippen molar-refractivity contribution in [2.75, 3.05) is 33.3 Å². The lowest BCUT2D eigenvalue weighted by atomic mass is 10.1. The molecule has 0 radical (unpaired) electrons. The average Bonchev–Trinajstić information content (AvgIpc) is 3.42. The van der Waals surface area contributed by atoms with Crippen LogP contribution in [0, 0.1) is 0 Å². The summed E-state index contributed by atoms with van der Waals surface area (Å²) in [7, 11) is 4.74. The number of carbonyl (C=O) groups excluding carboxylic acids is 1. The molecule has 1 fully saturated rings. The Hall–Kier alpha value is -1.40. The summed E-state index contributed by atoms with van der Waals surface area (Å²) < 4.78 is 15.7. The van der Waals surface area contributed by atoms with Crippen LogP contribution >= 0.6 is 11.8 Å². The number of nitrogens with zero attached hydrogens (tertiary/aromatic N) is 1. The summed E-state index contributed by atoms with van der Waals surface area (Å²) in [4.78, 5) is 14.4. The first kappa shape index (κ1) is 17.9. The van der Waals surface area contributed by atoms with Gasteiger partial charge in [0.15, 0.2) is 0 Å².